The Bertz CT molecular complexity index is 488. The lowest BCUT2D eigenvalue weighted by Crippen LogP contribution is -2.29. The van der Waals surface area contributed by atoms with Crippen LogP contribution in [0.1, 0.15) is 19.8 Å². The van der Waals surface area contributed by atoms with Crippen molar-refractivity contribution in [2.24, 2.45) is 0 Å². The third kappa shape index (κ3) is 2.55. The van der Waals surface area contributed by atoms with Crippen LogP contribution in [0.25, 0.3) is 11.0 Å². The summed E-state index contributed by atoms with van der Waals surface area (Å²) in [4.78, 5) is 18.3. The maximum atomic E-state index is 11.0. The van der Waals surface area contributed by atoms with Gasteiger partial charge < -0.3 is 15.4 Å². The number of fused-ring (bicyclic) bond motifs is 1. The fraction of sp³-hybridized carbons (Fsp3) is 0.333. The van der Waals surface area contributed by atoms with Gasteiger partial charge in [-0.3, -0.25) is 0 Å². The Morgan fingerprint density at radius 2 is 2.29 bits per heavy atom. The number of carboxylic acid groups (broad SMARTS) is 1. The molecule has 5 nitrogen and oxygen atoms in total. The number of imidazole rings is 1. The van der Waals surface area contributed by atoms with Crippen LogP contribution < -0.4 is 5.32 Å². The van der Waals surface area contributed by atoms with Crippen LogP contribution in [0.4, 0.5) is 5.95 Å². The predicted molar refractivity (Wildman–Crippen MR) is 66.0 cm³/mol. The second kappa shape index (κ2) is 4.86. The van der Waals surface area contributed by atoms with Crippen LogP contribution in [0.5, 0.6) is 0 Å². The summed E-state index contributed by atoms with van der Waals surface area (Å²) in [7, 11) is 0. The maximum absolute atomic E-state index is 11.0. The van der Waals surface area contributed by atoms with Gasteiger partial charge in [0, 0.05) is 0 Å². The van der Waals surface area contributed by atoms with E-state index in [-0.39, 0.29) is 0 Å². The molecular formula is C12H15N3O2. The van der Waals surface area contributed by atoms with E-state index in [4.69, 9.17) is 5.11 Å². The van der Waals surface area contributed by atoms with Crippen molar-refractivity contribution >= 4 is 23.0 Å². The zero-order valence-electron chi connectivity index (χ0n) is 9.60. The summed E-state index contributed by atoms with van der Waals surface area (Å²) in [6.45, 7) is 1.95. The molecular weight excluding hydrogens is 218 g/mol. The van der Waals surface area contributed by atoms with Gasteiger partial charge in [0.1, 0.15) is 6.04 Å². The Labute approximate surface area is 98.9 Å². The number of para-hydroxylation sites is 2. The molecule has 2 aromatic rings. The third-order valence-corrected chi connectivity index (χ3v) is 2.58. The lowest BCUT2D eigenvalue weighted by molar-refractivity contribution is -0.138. The highest BCUT2D eigenvalue weighted by molar-refractivity contribution is 5.80. The number of hydrogen-bond donors (Lipinski definition) is 3. The SMILES string of the molecule is CCCC(Nc1nc2ccccc2[nH]1)C(=O)O. The quantitative estimate of drug-likeness (QED) is 0.740. The molecule has 0 aliphatic carbocycles. The van der Waals surface area contributed by atoms with Gasteiger partial charge in [0.05, 0.1) is 11.0 Å². The molecule has 0 bridgehead atoms. The number of benzene rings is 1. The van der Waals surface area contributed by atoms with E-state index in [1.807, 2.05) is 31.2 Å². The second-order valence-electron chi connectivity index (χ2n) is 3.93. The first-order valence-corrected chi connectivity index (χ1v) is 5.65. The number of nitrogens with zero attached hydrogens (tertiary/aromatic N) is 1. The topological polar surface area (TPSA) is 78.0 Å². The van der Waals surface area contributed by atoms with Gasteiger partial charge in [-0.15, -0.1) is 0 Å². The van der Waals surface area contributed by atoms with Gasteiger partial charge in [-0.05, 0) is 18.6 Å². The molecule has 1 atom stereocenters. The van der Waals surface area contributed by atoms with E-state index in [0.29, 0.717) is 12.4 Å². The summed E-state index contributed by atoms with van der Waals surface area (Å²) >= 11 is 0. The van der Waals surface area contributed by atoms with E-state index in [1.165, 1.54) is 0 Å². The van der Waals surface area contributed by atoms with Crippen LogP contribution in [0.3, 0.4) is 0 Å². The van der Waals surface area contributed by atoms with Crippen LogP contribution in [-0.2, 0) is 4.79 Å². The first-order chi connectivity index (χ1) is 8.20. The molecule has 0 amide bonds. The number of hydrogen-bond acceptors (Lipinski definition) is 3. The van der Waals surface area contributed by atoms with Crippen molar-refractivity contribution in [1.82, 2.24) is 9.97 Å². The number of carbonyl (C=O) groups is 1. The van der Waals surface area contributed by atoms with E-state index < -0.39 is 12.0 Å². The van der Waals surface area contributed by atoms with Gasteiger partial charge in [0.2, 0.25) is 5.95 Å². The molecule has 0 aliphatic heterocycles. The molecule has 90 valence electrons. The van der Waals surface area contributed by atoms with E-state index in [9.17, 15) is 4.79 Å². The van der Waals surface area contributed by atoms with Crippen molar-refractivity contribution in [2.45, 2.75) is 25.8 Å². The van der Waals surface area contributed by atoms with Crippen molar-refractivity contribution in [3.8, 4) is 0 Å². The third-order valence-electron chi connectivity index (χ3n) is 2.58. The van der Waals surface area contributed by atoms with E-state index in [2.05, 4.69) is 15.3 Å². The van der Waals surface area contributed by atoms with Gasteiger partial charge in [0.15, 0.2) is 0 Å². The first-order valence-electron chi connectivity index (χ1n) is 5.65. The second-order valence-corrected chi connectivity index (χ2v) is 3.93. The average molecular weight is 233 g/mol. The summed E-state index contributed by atoms with van der Waals surface area (Å²) in [6.07, 6.45) is 1.39. The molecule has 0 radical (unpaired) electrons. The molecule has 0 aliphatic rings. The summed E-state index contributed by atoms with van der Waals surface area (Å²) in [5.41, 5.74) is 1.73. The van der Waals surface area contributed by atoms with E-state index in [1.54, 1.807) is 0 Å². The first kappa shape index (κ1) is 11.4. The minimum absolute atomic E-state index is 0.507. The Balaban J connectivity index is 2.19. The molecule has 1 unspecified atom stereocenters. The number of nitrogens with one attached hydrogen (secondary N) is 2. The Morgan fingerprint density at radius 3 is 2.94 bits per heavy atom. The Kier molecular flexibility index (Phi) is 3.27. The lowest BCUT2D eigenvalue weighted by atomic mass is 10.2. The highest BCUT2D eigenvalue weighted by Crippen LogP contribution is 2.14. The molecule has 3 N–H and O–H groups in total. The van der Waals surface area contributed by atoms with E-state index >= 15 is 0 Å². The monoisotopic (exact) mass is 233 g/mol. The van der Waals surface area contributed by atoms with Crippen LogP contribution in [0.15, 0.2) is 24.3 Å². The van der Waals surface area contributed by atoms with Gasteiger partial charge >= 0.3 is 5.97 Å². The number of H-pyrrole nitrogens is 1. The minimum atomic E-state index is -0.854. The van der Waals surface area contributed by atoms with Crippen molar-refractivity contribution in [2.75, 3.05) is 5.32 Å². The van der Waals surface area contributed by atoms with Crippen molar-refractivity contribution in [3.63, 3.8) is 0 Å². The summed E-state index contributed by atoms with van der Waals surface area (Å²) in [5, 5.41) is 11.9. The molecule has 5 heteroatoms. The zero-order valence-corrected chi connectivity index (χ0v) is 9.60. The van der Waals surface area contributed by atoms with Crippen molar-refractivity contribution in [1.29, 1.82) is 0 Å². The number of carboxylic acids is 1. The highest BCUT2D eigenvalue weighted by atomic mass is 16.4. The van der Waals surface area contributed by atoms with Gasteiger partial charge in [-0.2, -0.15) is 0 Å². The summed E-state index contributed by atoms with van der Waals surface area (Å²) in [5.74, 6) is -0.348. The molecule has 0 saturated carbocycles. The Morgan fingerprint density at radius 1 is 1.53 bits per heavy atom. The smallest absolute Gasteiger partial charge is 0.326 e. The van der Waals surface area contributed by atoms with Crippen LogP contribution in [0, 0.1) is 0 Å². The molecule has 1 heterocycles. The fourth-order valence-corrected chi connectivity index (χ4v) is 1.73. The molecule has 0 spiro atoms. The predicted octanol–water partition coefficient (Wildman–Crippen LogP) is 2.23. The fourth-order valence-electron chi connectivity index (χ4n) is 1.73. The van der Waals surface area contributed by atoms with Gasteiger partial charge in [-0.25, -0.2) is 9.78 Å². The largest absolute Gasteiger partial charge is 0.480 e. The van der Waals surface area contributed by atoms with Crippen LogP contribution in [-0.4, -0.2) is 27.1 Å². The lowest BCUT2D eigenvalue weighted by Gasteiger charge is -2.11. The van der Waals surface area contributed by atoms with Crippen molar-refractivity contribution < 1.29 is 9.90 Å². The number of anilines is 1. The van der Waals surface area contributed by atoms with Gasteiger partial charge in [0.25, 0.3) is 0 Å². The van der Waals surface area contributed by atoms with Crippen LogP contribution in [0.2, 0.25) is 0 Å². The molecule has 0 saturated heterocycles. The molecule has 1 aromatic carbocycles. The van der Waals surface area contributed by atoms with Gasteiger partial charge in [-0.1, -0.05) is 25.5 Å². The van der Waals surface area contributed by atoms with Crippen LogP contribution >= 0.6 is 0 Å². The van der Waals surface area contributed by atoms with Crippen molar-refractivity contribution in [3.05, 3.63) is 24.3 Å². The maximum Gasteiger partial charge on any atom is 0.326 e. The summed E-state index contributed by atoms with van der Waals surface area (Å²) < 4.78 is 0. The number of aromatic amines is 1. The highest BCUT2D eigenvalue weighted by Gasteiger charge is 2.17. The zero-order chi connectivity index (χ0) is 12.3. The molecule has 0 fully saturated rings. The summed E-state index contributed by atoms with van der Waals surface area (Å²) in [6, 6.07) is 6.99. The number of aliphatic carboxylic acids is 1. The number of rotatable bonds is 5. The normalized spacial score (nSPS) is 12.5. The Hall–Kier alpha value is -2.04. The van der Waals surface area contributed by atoms with E-state index in [0.717, 1.165) is 17.5 Å². The molecule has 1 aromatic heterocycles. The molecule has 17 heavy (non-hydrogen) atoms. The number of aromatic nitrogens is 2. The molecule has 2 rings (SSSR count). The average Bonchev–Trinajstić information content (AvgIpc) is 2.70. The minimum Gasteiger partial charge on any atom is -0.480 e. The standard InChI is InChI=1S/C12H15N3O2/c1-2-5-10(11(16)17)15-12-13-8-6-3-4-7-9(8)14-12/h3-4,6-7,10H,2,5H2,1H3,(H,16,17)(H2,13,14,15).